The quantitative estimate of drug-likeness (QED) is 0.317. The van der Waals surface area contributed by atoms with Crippen molar-refractivity contribution in [3.8, 4) is 33.4 Å². The fourth-order valence-corrected chi connectivity index (χ4v) is 4.36. The van der Waals surface area contributed by atoms with Crippen molar-refractivity contribution in [3.05, 3.63) is 107 Å². The molecule has 0 aromatic heterocycles. The molecule has 1 aliphatic rings. The summed E-state index contributed by atoms with van der Waals surface area (Å²) in [5.41, 5.74) is 13.8. The maximum atomic E-state index is 2.39. The van der Waals surface area contributed by atoms with Crippen LogP contribution in [0.2, 0.25) is 0 Å². The highest BCUT2D eigenvalue weighted by atomic mass is 14.3. The van der Waals surface area contributed by atoms with Crippen molar-refractivity contribution in [1.29, 1.82) is 0 Å². The Labute approximate surface area is 161 Å². The Hall–Kier alpha value is -3.12. The summed E-state index contributed by atoms with van der Waals surface area (Å²) in [6.45, 7) is 4.51. The average molecular weight is 346 g/mol. The standard InChI is InChI=1S/C27H22/c1-18-13-22(20-9-5-3-6-10-20)15-26-24(18)17-25-19(2)14-23(16-27(25)26)21-11-7-4-8-12-21/h3-16H,17H2,1-2H3. The van der Waals surface area contributed by atoms with Gasteiger partial charge in [-0.3, -0.25) is 0 Å². The zero-order valence-electron chi connectivity index (χ0n) is 15.8. The highest BCUT2D eigenvalue weighted by Crippen LogP contribution is 2.43. The number of hydrogen-bond donors (Lipinski definition) is 0. The first-order chi connectivity index (χ1) is 13.2. The Morgan fingerprint density at radius 1 is 0.481 bits per heavy atom. The van der Waals surface area contributed by atoms with Gasteiger partial charge in [0, 0.05) is 0 Å². The van der Waals surface area contributed by atoms with Crippen molar-refractivity contribution < 1.29 is 0 Å². The number of aryl methyl sites for hydroxylation is 2. The Balaban J connectivity index is 1.71. The van der Waals surface area contributed by atoms with E-state index in [1.165, 1.54) is 55.6 Å². The molecule has 4 aromatic rings. The summed E-state index contributed by atoms with van der Waals surface area (Å²) in [6.07, 6.45) is 1.05. The van der Waals surface area contributed by atoms with Crippen LogP contribution < -0.4 is 0 Å². The molecule has 4 aromatic carbocycles. The second-order valence-electron chi connectivity index (χ2n) is 7.55. The van der Waals surface area contributed by atoms with E-state index in [9.17, 15) is 0 Å². The molecule has 27 heavy (non-hydrogen) atoms. The maximum Gasteiger partial charge on any atom is -0.000818 e. The van der Waals surface area contributed by atoms with Crippen LogP contribution in [0.4, 0.5) is 0 Å². The lowest BCUT2D eigenvalue weighted by molar-refractivity contribution is 1.19. The zero-order valence-corrected chi connectivity index (χ0v) is 15.8. The average Bonchev–Trinajstić information content (AvgIpc) is 3.09. The first-order valence-electron chi connectivity index (χ1n) is 9.59. The molecule has 0 saturated carbocycles. The molecule has 0 nitrogen and oxygen atoms in total. The lowest BCUT2D eigenvalue weighted by atomic mass is 9.93. The van der Waals surface area contributed by atoms with Gasteiger partial charge in [0.2, 0.25) is 0 Å². The molecule has 0 heteroatoms. The minimum atomic E-state index is 1.05. The Morgan fingerprint density at radius 3 is 1.30 bits per heavy atom. The molecule has 0 N–H and O–H groups in total. The van der Waals surface area contributed by atoms with Gasteiger partial charge in [0.25, 0.3) is 0 Å². The third-order valence-electron chi connectivity index (χ3n) is 5.80. The lowest BCUT2D eigenvalue weighted by Gasteiger charge is -2.11. The van der Waals surface area contributed by atoms with Crippen LogP contribution in [0.3, 0.4) is 0 Å². The molecular weight excluding hydrogens is 324 g/mol. The molecule has 0 aliphatic heterocycles. The number of hydrogen-bond acceptors (Lipinski definition) is 0. The summed E-state index contributed by atoms with van der Waals surface area (Å²) in [5, 5.41) is 0. The van der Waals surface area contributed by atoms with E-state index in [2.05, 4.69) is 98.8 Å². The van der Waals surface area contributed by atoms with Crippen molar-refractivity contribution in [3.63, 3.8) is 0 Å². The Morgan fingerprint density at radius 2 is 0.889 bits per heavy atom. The van der Waals surface area contributed by atoms with Crippen LogP contribution in [0.1, 0.15) is 22.3 Å². The molecule has 0 fully saturated rings. The fraction of sp³-hybridized carbons (Fsp3) is 0.111. The first kappa shape index (κ1) is 16.1. The SMILES string of the molecule is Cc1cc(-c2ccccc2)cc2c1Cc1c(C)cc(-c3ccccc3)cc1-2. The molecular formula is C27H22. The monoisotopic (exact) mass is 346 g/mol. The van der Waals surface area contributed by atoms with Gasteiger partial charge in [0.1, 0.15) is 0 Å². The predicted octanol–water partition coefficient (Wildman–Crippen LogP) is 7.21. The molecule has 0 amide bonds. The molecule has 130 valence electrons. The van der Waals surface area contributed by atoms with Gasteiger partial charge >= 0.3 is 0 Å². The van der Waals surface area contributed by atoms with Crippen LogP contribution in [0, 0.1) is 13.8 Å². The van der Waals surface area contributed by atoms with Crippen LogP contribution >= 0.6 is 0 Å². The van der Waals surface area contributed by atoms with Crippen molar-refractivity contribution in [2.75, 3.05) is 0 Å². The molecule has 5 rings (SSSR count). The van der Waals surface area contributed by atoms with Crippen LogP contribution in [-0.4, -0.2) is 0 Å². The van der Waals surface area contributed by atoms with E-state index in [0.29, 0.717) is 0 Å². The van der Waals surface area contributed by atoms with Gasteiger partial charge in [-0.1, -0.05) is 72.8 Å². The third-order valence-corrected chi connectivity index (χ3v) is 5.80. The second-order valence-corrected chi connectivity index (χ2v) is 7.55. The van der Waals surface area contributed by atoms with Gasteiger partial charge in [0.15, 0.2) is 0 Å². The molecule has 0 saturated heterocycles. The van der Waals surface area contributed by atoms with Gasteiger partial charge in [-0.15, -0.1) is 0 Å². The van der Waals surface area contributed by atoms with E-state index in [4.69, 9.17) is 0 Å². The number of benzene rings is 4. The Bertz CT molecular complexity index is 1040. The third kappa shape index (κ3) is 2.69. The van der Waals surface area contributed by atoms with E-state index in [1.54, 1.807) is 0 Å². The molecule has 0 unspecified atom stereocenters. The van der Waals surface area contributed by atoms with Crippen LogP contribution in [0.5, 0.6) is 0 Å². The van der Waals surface area contributed by atoms with Gasteiger partial charge < -0.3 is 0 Å². The molecule has 1 aliphatic carbocycles. The normalized spacial score (nSPS) is 11.9. The van der Waals surface area contributed by atoms with Crippen LogP contribution in [-0.2, 0) is 6.42 Å². The van der Waals surface area contributed by atoms with E-state index in [-0.39, 0.29) is 0 Å². The van der Waals surface area contributed by atoms with Gasteiger partial charge in [-0.25, -0.2) is 0 Å². The fourth-order valence-electron chi connectivity index (χ4n) is 4.36. The lowest BCUT2D eigenvalue weighted by Crippen LogP contribution is -1.89. The molecule has 0 bridgehead atoms. The van der Waals surface area contributed by atoms with Crippen LogP contribution in [0.15, 0.2) is 84.9 Å². The number of rotatable bonds is 2. The highest BCUT2D eigenvalue weighted by molar-refractivity contribution is 5.86. The largest absolute Gasteiger partial charge is 0.0622 e. The first-order valence-corrected chi connectivity index (χ1v) is 9.59. The molecule has 0 atom stereocenters. The zero-order chi connectivity index (χ0) is 18.4. The summed E-state index contributed by atoms with van der Waals surface area (Å²) in [5.74, 6) is 0. The second kappa shape index (κ2) is 6.25. The molecule has 0 heterocycles. The van der Waals surface area contributed by atoms with Crippen LogP contribution in [0.25, 0.3) is 33.4 Å². The summed E-state index contributed by atoms with van der Waals surface area (Å²) in [6, 6.07) is 30.9. The van der Waals surface area contributed by atoms with E-state index >= 15 is 0 Å². The smallest absolute Gasteiger partial charge is 0.000818 e. The van der Waals surface area contributed by atoms with Crippen molar-refractivity contribution >= 4 is 0 Å². The van der Waals surface area contributed by atoms with E-state index in [0.717, 1.165) is 6.42 Å². The number of fused-ring (bicyclic) bond motifs is 3. The predicted molar refractivity (Wildman–Crippen MR) is 115 cm³/mol. The van der Waals surface area contributed by atoms with Gasteiger partial charge in [-0.2, -0.15) is 0 Å². The summed E-state index contributed by atoms with van der Waals surface area (Å²) < 4.78 is 0. The highest BCUT2D eigenvalue weighted by Gasteiger charge is 2.23. The Kier molecular flexibility index (Phi) is 3.72. The van der Waals surface area contributed by atoms with Crippen molar-refractivity contribution in [1.82, 2.24) is 0 Å². The van der Waals surface area contributed by atoms with Crippen molar-refractivity contribution in [2.45, 2.75) is 20.3 Å². The minimum absolute atomic E-state index is 1.05. The summed E-state index contributed by atoms with van der Waals surface area (Å²) >= 11 is 0. The van der Waals surface area contributed by atoms with E-state index in [1.807, 2.05) is 0 Å². The molecule has 0 radical (unpaired) electrons. The summed E-state index contributed by atoms with van der Waals surface area (Å²) in [4.78, 5) is 0. The van der Waals surface area contributed by atoms with Gasteiger partial charge in [0.05, 0.1) is 0 Å². The molecule has 0 spiro atoms. The summed E-state index contributed by atoms with van der Waals surface area (Å²) in [7, 11) is 0. The van der Waals surface area contributed by atoms with E-state index < -0.39 is 0 Å². The minimum Gasteiger partial charge on any atom is -0.0622 e. The van der Waals surface area contributed by atoms with Gasteiger partial charge in [-0.05, 0) is 88.0 Å². The topological polar surface area (TPSA) is 0 Å². The van der Waals surface area contributed by atoms with Crippen molar-refractivity contribution in [2.24, 2.45) is 0 Å². The maximum absolute atomic E-state index is 2.39.